The van der Waals surface area contributed by atoms with Crippen LogP contribution >= 0.6 is 0 Å². The highest BCUT2D eigenvalue weighted by Gasteiger charge is 2.48. The molecule has 0 amide bonds. The molecule has 55 heavy (non-hydrogen) atoms. The van der Waals surface area contributed by atoms with Crippen molar-refractivity contribution in [2.45, 2.75) is 258 Å². The third-order valence-corrected chi connectivity index (χ3v) is 10.7. The first-order valence-electron chi connectivity index (χ1n) is 23.2. The molecule has 9 heteroatoms. The van der Waals surface area contributed by atoms with Crippen molar-refractivity contribution >= 4 is 23.9 Å². The molecule has 1 aliphatic heterocycles. The summed E-state index contributed by atoms with van der Waals surface area (Å²) in [6, 6.07) is 0. The zero-order valence-corrected chi connectivity index (χ0v) is 36.0. The maximum atomic E-state index is 13.3. The van der Waals surface area contributed by atoms with Crippen LogP contribution in [0, 0.1) is 0 Å². The second kappa shape index (κ2) is 36.2. The SMILES string of the molecule is CCCCCCCCCC(=O)OC[C@H]1OC[C@H](OC(=O)CCCCCCCCC)[C@@H](OC(=O)CCCCCCCCC)[C@@H]1OC(=O)CCCCCCCCC. The average molecular weight is 781 g/mol. The van der Waals surface area contributed by atoms with Gasteiger partial charge in [-0.05, 0) is 25.7 Å². The molecular weight excluding hydrogens is 696 g/mol. The van der Waals surface area contributed by atoms with Crippen LogP contribution in [-0.2, 0) is 42.9 Å². The van der Waals surface area contributed by atoms with Crippen LogP contribution in [0.25, 0.3) is 0 Å². The number of carbonyl (C=O) groups is 4. The first-order chi connectivity index (χ1) is 26.9. The van der Waals surface area contributed by atoms with Gasteiger partial charge in [0.25, 0.3) is 0 Å². The minimum atomic E-state index is -1.08. The minimum Gasteiger partial charge on any atom is -0.463 e. The Morgan fingerprint density at radius 1 is 0.400 bits per heavy atom. The van der Waals surface area contributed by atoms with Gasteiger partial charge in [0.1, 0.15) is 12.7 Å². The molecule has 0 bridgehead atoms. The van der Waals surface area contributed by atoms with Crippen LogP contribution in [0.15, 0.2) is 0 Å². The average Bonchev–Trinajstić information content (AvgIpc) is 3.17. The maximum absolute atomic E-state index is 13.3. The Labute approximate surface area is 336 Å². The Balaban J connectivity index is 2.99. The molecule has 0 spiro atoms. The third kappa shape index (κ3) is 28.0. The molecule has 4 atom stereocenters. The fraction of sp³-hybridized carbons (Fsp3) is 0.913. The van der Waals surface area contributed by atoms with Crippen molar-refractivity contribution in [2.24, 2.45) is 0 Å². The zero-order chi connectivity index (χ0) is 40.2. The van der Waals surface area contributed by atoms with Crippen LogP contribution in [0.2, 0.25) is 0 Å². The van der Waals surface area contributed by atoms with Gasteiger partial charge in [0.05, 0.1) is 6.61 Å². The normalized spacial score (nSPS) is 18.2. The number of rotatable bonds is 37. The topological polar surface area (TPSA) is 114 Å². The molecule has 0 unspecified atom stereocenters. The summed E-state index contributed by atoms with van der Waals surface area (Å²) < 4.78 is 29.8. The van der Waals surface area contributed by atoms with E-state index in [0.29, 0.717) is 19.3 Å². The molecule has 322 valence electrons. The number of hydrogen-bond acceptors (Lipinski definition) is 9. The molecular formula is C46H84O9. The summed E-state index contributed by atoms with van der Waals surface area (Å²) in [7, 11) is 0. The molecule has 0 saturated carbocycles. The van der Waals surface area contributed by atoms with Gasteiger partial charge in [0, 0.05) is 25.7 Å². The molecule has 0 aromatic rings. The van der Waals surface area contributed by atoms with E-state index >= 15 is 0 Å². The number of carbonyl (C=O) groups excluding carboxylic acids is 4. The fourth-order valence-corrected chi connectivity index (χ4v) is 7.16. The van der Waals surface area contributed by atoms with Crippen molar-refractivity contribution in [3.63, 3.8) is 0 Å². The second-order valence-corrected chi connectivity index (χ2v) is 16.0. The van der Waals surface area contributed by atoms with E-state index < -0.39 is 36.4 Å². The van der Waals surface area contributed by atoms with Crippen molar-refractivity contribution in [2.75, 3.05) is 13.2 Å². The predicted molar refractivity (Wildman–Crippen MR) is 221 cm³/mol. The summed E-state index contributed by atoms with van der Waals surface area (Å²) in [4.78, 5) is 52.5. The largest absolute Gasteiger partial charge is 0.463 e. The lowest BCUT2D eigenvalue weighted by Crippen LogP contribution is -2.59. The molecule has 1 heterocycles. The quantitative estimate of drug-likeness (QED) is 0.0345. The van der Waals surface area contributed by atoms with Gasteiger partial charge in [-0.1, -0.05) is 182 Å². The van der Waals surface area contributed by atoms with E-state index in [1.165, 1.54) is 83.5 Å². The summed E-state index contributed by atoms with van der Waals surface area (Å²) >= 11 is 0. The van der Waals surface area contributed by atoms with Crippen LogP contribution in [0.1, 0.15) is 233 Å². The van der Waals surface area contributed by atoms with Gasteiger partial charge in [-0.2, -0.15) is 0 Å². The van der Waals surface area contributed by atoms with E-state index in [1.54, 1.807) is 0 Å². The Bertz CT molecular complexity index is 954. The van der Waals surface area contributed by atoms with Gasteiger partial charge < -0.3 is 23.7 Å². The molecule has 0 aromatic carbocycles. The van der Waals surface area contributed by atoms with Gasteiger partial charge >= 0.3 is 23.9 Å². The summed E-state index contributed by atoms with van der Waals surface area (Å²) in [6.07, 6.45) is 27.1. The summed E-state index contributed by atoms with van der Waals surface area (Å²) in [6.45, 7) is 8.58. The highest BCUT2D eigenvalue weighted by atomic mass is 16.7. The van der Waals surface area contributed by atoms with Crippen molar-refractivity contribution in [3.8, 4) is 0 Å². The minimum absolute atomic E-state index is 0.0517. The van der Waals surface area contributed by atoms with E-state index in [-0.39, 0.29) is 44.4 Å². The number of unbranched alkanes of at least 4 members (excludes halogenated alkanes) is 24. The van der Waals surface area contributed by atoms with E-state index in [2.05, 4.69) is 27.7 Å². The standard InChI is InChI=1S/C46H84O9/c1-5-9-13-17-21-25-29-33-41(47)52-37-39-45(54-43(49)35-31-27-23-19-15-11-7-3)46(55-44(50)36-32-28-24-20-16-12-8-4)40(38-51-39)53-42(48)34-30-26-22-18-14-10-6-2/h39-40,45-46H,5-38H2,1-4H3/t39-,40+,45-,46-/m1/s1. The summed E-state index contributed by atoms with van der Waals surface area (Å²) in [5.41, 5.74) is 0. The smallest absolute Gasteiger partial charge is 0.306 e. The van der Waals surface area contributed by atoms with Crippen molar-refractivity contribution < 1.29 is 42.9 Å². The number of esters is 4. The first-order valence-corrected chi connectivity index (χ1v) is 23.2. The lowest BCUT2D eigenvalue weighted by Gasteiger charge is -2.40. The molecule has 0 aliphatic carbocycles. The van der Waals surface area contributed by atoms with Gasteiger partial charge in [-0.15, -0.1) is 0 Å². The Hall–Kier alpha value is -2.16. The predicted octanol–water partition coefficient (Wildman–Crippen LogP) is 12.2. The van der Waals surface area contributed by atoms with Crippen LogP contribution in [-0.4, -0.2) is 61.5 Å². The van der Waals surface area contributed by atoms with E-state index in [1.807, 2.05) is 0 Å². The highest BCUT2D eigenvalue weighted by Crippen LogP contribution is 2.27. The molecule has 0 radical (unpaired) electrons. The molecule has 1 aliphatic rings. The number of ether oxygens (including phenoxy) is 5. The Kier molecular flexibility index (Phi) is 33.5. The van der Waals surface area contributed by atoms with Gasteiger partial charge in [-0.25, -0.2) is 0 Å². The fourth-order valence-electron chi connectivity index (χ4n) is 7.16. The van der Waals surface area contributed by atoms with Gasteiger partial charge in [-0.3, -0.25) is 19.2 Å². The van der Waals surface area contributed by atoms with E-state index in [4.69, 9.17) is 23.7 Å². The monoisotopic (exact) mass is 781 g/mol. The summed E-state index contributed by atoms with van der Waals surface area (Å²) in [5, 5.41) is 0. The van der Waals surface area contributed by atoms with E-state index in [9.17, 15) is 19.2 Å². The molecule has 9 nitrogen and oxygen atoms in total. The first kappa shape index (κ1) is 50.9. The molecule has 1 saturated heterocycles. The second-order valence-electron chi connectivity index (χ2n) is 16.0. The van der Waals surface area contributed by atoms with Crippen molar-refractivity contribution in [1.29, 1.82) is 0 Å². The van der Waals surface area contributed by atoms with Crippen LogP contribution in [0.5, 0.6) is 0 Å². The van der Waals surface area contributed by atoms with Gasteiger partial charge in [0.15, 0.2) is 18.3 Å². The van der Waals surface area contributed by atoms with Crippen molar-refractivity contribution in [1.82, 2.24) is 0 Å². The molecule has 0 aromatic heterocycles. The number of hydrogen-bond donors (Lipinski definition) is 0. The Morgan fingerprint density at radius 3 is 1.09 bits per heavy atom. The summed E-state index contributed by atoms with van der Waals surface area (Å²) in [5.74, 6) is -1.56. The molecule has 1 fully saturated rings. The Morgan fingerprint density at radius 2 is 0.709 bits per heavy atom. The zero-order valence-electron chi connectivity index (χ0n) is 36.0. The lowest BCUT2D eigenvalue weighted by atomic mass is 9.99. The third-order valence-electron chi connectivity index (χ3n) is 10.7. The van der Waals surface area contributed by atoms with Crippen LogP contribution < -0.4 is 0 Å². The maximum Gasteiger partial charge on any atom is 0.306 e. The van der Waals surface area contributed by atoms with Crippen molar-refractivity contribution in [3.05, 3.63) is 0 Å². The van der Waals surface area contributed by atoms with Crippen LogP contribution in [0.3, 0.4) is 0 Å². The van der Waals surface area contributed by atoms with E-state index in [0.717, 1.165) is 83.5 Å². The highest BCUT2D eigenvalue weighted by molar-refractivity contribution is 5.72. The lowest BCUT2D eigenvalue weighted by molar-refractivity contribution is -0.233. The molecule has 1 rings (SSSR count). The van der Waals surface area contributed by atoms with Gasteiger partial charge in [0.2, 0.25) is 0 Å². The van der Waals surface area contributed by atoms with Crippen LogP contribution in [0.4, 0.5) is 0 Å². The molecule has 0 N–H and O–H groups in total.